The van der Waals surface area contributed by atoms with Crippen molar-refractivity contribution in [3.05, 3.63) is 130 Å². The van der Waals surface area contributed by atoms with Crippen molar-refractivity contribution in [1.29, 1.82) is 0 Å². The van der Waals surface area contributed by atoms with Gasteiger partial charge in [-0.2, -0.15) is 9.59 Å². The zero-order chi connectivity index (χ0) is 27.9. The van der Waals surface area contributed by atoms with Crippen molar-refractivity contribution in [3.63, 3.8) is 0 Å². The fourth-order valence-electron chi connectivity index (χ4n) is 4.79. The summed E-state index contributed by atoms with van der Waals surface area (Å²) in [6.45, 7) is 7.00. The lowest BCUT2D eigenvalue weighted by Crippen LogP contribution is -2.26. The number of rotatable bonds is 6. The number of aromatic nitrogens is 1. The number of hydrogen-bond acceptors (Lipinski definition) is 3. The third kappa shape index (κ3) is 6.18. The zero-order valence-electron chi connectivity index (χ0n) is 22.1. The average molecular weight is 537 g/mol. The monoisotopic (exact) mass is 536 g/mol. The first-order valence-corrected chi connectivity index (χ1v) is 13.0. The SMILES string of the molecule is Cc1c(C)n(Cc2ccc(-c3ccccc3)cc2)c2ccc(C(=O)N[C@@H](C)c3ccccc3Cl)cc12.O=C=O. The maximum atomic E-state index is 13.1. The molecule has 0 fully saturated rings. The molecule has 1 atom stereocenters. The van der Waals surface area contributed by atoms with E-state index in [0.29, 0.717) is 10.6 Å². The minimum absolute atomic E-state index is 0.106. The topological polar surface area (TPSA) is 68.2 Å². The molecule has 5 nitrogen and oxygen atoms in total. The summed E-state index contributed by atoms with van der Waals surface area (Å²) in [4.78, 5) is 29.3. The van der Waals surface area contributed by atoms with Gasteiger partial charge in [0, 0.05) is 33.7 Å². The Labute approximate surface area is 233 Å². The van der Waals surface area contributed by atoms with Crippen molar-refractivity contribution in [2.75, 3.05) is 0 Å². The van der Waals surface area contributed by atoms with Crippen molar-refractivity contribution < 1.29 is 14.4 Å². The number of hydrogen-bond donors (Lipinski definition) is 1. The highest BCUT2D eigenvalue weighted by Gasteiger charge is 2.17. The first-order valence-electron chi connectivity index (χ1n) is 12.6. The van der Waals surface area contributed by atoms with Crippen LogP contribution in [0.15, 0.2) is 97.1 Å². The summed E-state index contributed by atoms with van der Waals surface area (Å²) in [5.41, 5.74) is 8.76. The van der Waals surface area contributed by atoms with Crippen LogP contribution in [0.2, 0.25) is 5.02 Å². The second-order valence-electron chi connectivity index (χ2n) is 9.39. The van der Waals surface area contributed by atoms with Gasteiger partial charge < -0.3 is 9.88 Å². The number of aryl methyl sites for hydroxylation is 1. The van der Waals surface area contributed by atoms with Gasteiger partial charge in [0.05, 0.1) is 6.04 Å². The average Bonchev–Trinajstić information content (AvgIpc) is 3.18. The Hall–Kier alpha value is -4.44. The summed E-state index contributed by atoms with van der Waals surface area (Å²) in [5.74, 6) is -0.106. The predicted octanol–water partition coefficient (Wildman–Crippen LogP) is 7.53. The first kappa shape index (κ1) is 27.6. The second-order valence-corrected chi connectivity index (χ2v) is 9.80. The van der Waals surface area contributed by atoms with Gasteiger partial charge in [0.15, 0.2) is 0 Å². The Morgan fingerprint density at radius 1 is 0.872 bits per heavy atom. The fraction of sp³-hybridized carbons (Fsp3) is 0.152. The van der Waals surface area contributed by atoms with Gasteiger partial charge in [-0.25, -0.2) is 0 Å². The summed E-state index contributed by atoms with van der Waals surface area (Å²) in [5, 5.41) is 4.84. The molecule has 0 aliphatic rings. The van der Waals surface area contributed by atoms with E-state index in [0.717, 1.165) is 23.0 Å². The number of fused-ring (bicyclic) bond motifs is 1. The second kappa shape index (κ2) is 12.4. The van der Waals surface area contributed by atoms with Crippen LogP contribution in [0.3, 0.4) is 0 Å². The van der Waals surface area contributed by atoms with Crippen molar-refractivity contribution in [2.24, 2.45) is 0 Å². The Morgan fingerprint density at radius 3 is 2.15 bits per heavy atom. The van der Waals surface area contributed by atoms with E-state index in [4.69, 9.17) is 21.2 Å². The molecule has 0 unspecified atom stereocenters. The van der Waals surface area contributed by atoms with Crippen LogP contribution in [0.4, 0.5) is 0 Å². The highest BCUT2D eigenvalue weighted by molar-refractivity contribution is 6.31. The standard InChI is InChI=1S/C32H29ClN2O.CO2/c1-21-23(3)35(20-24-13-15-26(16-14-24)25-9-5-4-6-10-25)31-18-17-27(19-29(21)31)32(36)34-22(2)28-11-7-8-12-30(28)33;2-1-3/h4-19,22H,20H2,1-3H3,(H,34,36);/t22-;/m0./s1. The van der Waals surface area contributed by atoms with Crippen LogP contribution in [0.25, 0.3) is 22.0 Å². The number of amides is 1. The highest BCUT2D eigenvalue weighted by Crippen LogP contribution is 2.29. The maximum absolute atomic E-state index is 13.1. The van der Waals surface area contributed by atoms with Crippen LogP contribution in [0.1, 0.15) is 45.7 Å². The lowest BCUT2D eigenvalue weighted by Gasteiger charge is -2.16. The smallest absolute Gasteiger partial charge is 0.345 e. The van der Waals surface area contributed by atoms with Gasteiger partial charge in [0.25, 0.3) is 5.91 Å². The van der Waals surface area contributed by atoms with Crippen LogP contribution in [0, 0.1) is 13.8 Å². The Balaban J connectivity index is 0.00000112. The Bertz CT molecular complexity index is 1630. The summed E-state index contributed by atoms with van der Waals surface area (Å²) in [6, 6.07) is 32.6. The molecule has 1 N–H and O–H groups in total. The minimum Gasteiger partial charge on any atom is -0.345 e. The molecule has 196 valence electrons. The van der Waals surface area contributed by atoms with E-state index in [1.54, 1.807) is 0 Å². The van der Waals surface area contributed by atoms with Crippen LogP contribution in [-0.4, -0.2) is 16.6 Å². The molecule has 0 spiro atoms. The number of carbonyl (C=O) groups excluding carboxylic acids is 3. The van der Waals surface area contributed by atoms with E-state index in [2.05, 4.69) is 78.3 Å². The number of carbonyl (C=O) groups is 1. The lowest BCUT2D eigenvalue weighted by molar-refractivity contribution is -0.191. The van der Waals surface area contributed by atoms with Gasteiger partial charge in [-0.05, 0) is 72.9 Å². The summed E-state index contributed by atoms with van der Waals surface area (Å²) >= 11 is 6.32. The van der Waals surface area contributed by atoms with E-state index in [1.165, 1.54) is 27.9 Å². The maximum Gasteiger partial charge on any atom is 0.373 e. The van der Waals surface area contributed by atoms with Crippen LogP contribution >= 0.6 is 11.6 Å². The van der Waals surface area contributed by atoms with Crippen LogP contribution in [-0.2, 0) is 16.1 Å². The van der Waals surface area contributed by atoms with Crippen molar-refractivity contribution in [1.82, 2.24) is 9.88 Å². The summed E-state index contributed by atoms with van der Waals surface area (Å²) in [7, 11) is 0. The molecule has 1 aromatic heterocycles. The molecular formula is C33H29ClN2O3. The summed E-state index contributed by atoms with van der Waals surface area (Å²) < 4.78 is 2.33. The number of halogens is 1. The van der Waals surface area contributed by atoms with Crippen molar-refractivity contribution in [2.45, 2.75) is 33.4 Å². The molecule has 0 bridgehead atoms. The fourth-order valence-corrected chi connectivity index (χ4v) is 5.09. The molecule has 0 saturated carbocycles. The van der Waals surface area contributed by atoms with Gasteiger partial charge in [-0.3, -0.25) is 4.79 Å². The molecule has 0 saturated heterocycles. The molecule has 4 aromatic carbocycles. The molecule has 0 aliphatic carbocycles. The first-order chi connectivity index (χ1) is 18.8. The predicted molar refractivity (Wildman–Crippen MR) is 155 cm³/mol. The highest BCUT2D eigenvalue weighted by atomic mass is 35.5. The van der Waals surface area contributed by atoms with Gasteiger partial charge >= 0.3 is 6.15 Å². The number of benzene rings is 4. The molecule has 0 aliphatic heterocycles. The van der Waals surface area contributed by atoms with E-state index < -0.39 is 0 Å². The third-order valence-corrected chi connectivity index (χ3v) is 7.37. The Kier molecular flexibility index (Phi) is 8.77. The van der Waals surface area contributed by atoms with Gasteiger partial charge in [0.1, 0.15) is 0 Å². The van der Waals surface area contributed by atoms with Crippen molar-refractivity contribution in [3.8, 4) is 11.1 Å². The van der Waals surface area contributed by atoms with E-state index in [-0.39, 0.29) is 18.1 Å². The Morgan fingerprint density at radius 2 is 1.49 bits per heavy atom. The third-order valence-electron chi connectivity index (χ3n) is 7.02. The zero-order valence-corrected chi connectivity index (χ0v) is 22.8. The number of nitrogens with one attached hydrogen (secondary N) is 1. The number of nitrogens with zero attached hydrogens (tertiary/aromatic N) is 1. The normalized spacial score (nSPS) is 11.3. The van der Waals surface area contributed by atoms with Gasteiger partial charge in [-0.15, -0.1) is 0 Å². The molecular weight excluding hydrogens is 508 g/mol. The van der Waals surface area contributed by atoms with E-state index in [1.807, 2.05) is 49.4 Å². The molecule has 39 heavy (non-hydrogen) atoms. The quantitative estimate of drug-likeness (QED) is 0.244. The largest absolute Gasteiger partial charge is 0.373 e. The molecule has 0 radical (unpaired) electrons. The van der Waals surface area contributed by atoms with Crippen molar-refractivity contribution >= 4 is 34.6 Å². The molecule has 1 amide bonds. The van der Waals surface area contributed by atoms with E-state index >= 15 is 0 Å². The van der Waals surface area contributed by atoms with Crippen LogP contribution < -0.4 is 5.32 Å². The minimum atomic E-state index is -0.187. The molecule has 1 heterocycles. The lowest BCUT2D eigenvalue weighted by atomic mass is 10.0. The van der Waals surface area contributed by atoms with Gasteiger partial charge in [-0.1, -0.05) is 84.4 Å². The molecule has 5 aromatic rings. The molecule has 6 heteroatoms. The van der Waals surface area contributed by atoms with E-state index in [9.17, 15) is 4.79 Å². The van der Waals surface area contributed by atoms with Gasteiger partial charge in [0.2, 0.25) is 0 Å². The molecule has 5 rings (SSSR count). The summed E-state index contributed by atoms with van der Waals surface area (Å²) in [6.07, 6.45) is 0.250. The van der Waals surface area contributed by atoms with Crippen LogP contribution in [0.5, 0.6) is 0 Å².